The highest BCUT2D eigenvalue weighted by atomic mass is 16.5. The number of pyridine rings is 1. The molecule has 0 bridgehead atoms. The average molecular weight is 261 g/mol. The van der Waals surface area contributed by atoms with Crippen LogP contribution in [0.2, 0.25) is 0 Å². The van der Waals surface area contributed by atoms with E-state index in [0.29, 0.717) is 23.1 Å². The van der Waals surface area contributed by atoms with Gasteiger partial charge in [0.15, 0.2) is 11.4 Å². The number of aromatic nitrogens is 1. The van der Waals surface area contributed by atoms with Gasteiger partial charge in [-0.1, -0.05) is 13.3 Å². The molecule has 0 amide bonds. The van der Waals surface area contributed by atoms with Crippen LogP contribution in [0.15, 0.2) is 24.4 Å². The normalized spacial score (nSPS) is 10.6. The Morgan fingerprint density at radius 1 is 1.42 bits per heavy atom. The number of rotatable bonds is 5. The van der Waals surface area contributed by atoms with E-state index in [1.54, 1.807) is 18.2 Å². The molecule has 2 rings (SSSR count). The maximum atomic E-state index is 10.9. The summed E-state index contributed by atoms with van der Waals surface area (Å²) >= 11 is 0. The van der Waals surface area contributed by atoms with Gasteiger partial charge in [0.25, 0.3) is 0 Å². The molecule has 1 aromatic carbocycles. The van der Waals surface area contributed by atoms with E-state index in [1.165, 1.54) is 6.20 Å². The Bertz CT molecular complexity index is 610. The molecular formula is C14H15NO4. The molecule has 19 heavy (non-hydrogen) atoms. The Morgan fingerprint density at radius 2 is 2.21 bits per heavy atom. The van der Waals surface area contributed by atoms with Gasteiger partial charge < -0.3 is 14.9 Å². The number of carbonyl (C=O) groups is 1. The highest BCUT2D eigenvalue weighted by molar-refractivity contribution is 5.98. The SMILES string of the molecule is CCCCOc1ccc2cnc(C(=O)O)c(O)c2c1. The second kappa shape index (κ2) is 5.56. The molecule has 0 fully saturated rings. The Balaban J connectivity index is 2.39. The number of unbranched alkanes of at least 4 members (excludes halogenated alkanes) is 1. The maximum Gasteiger partial charge on any atom is 0.358 e. The van der Waals surface area contributed by atoms with Crippen LogP contribution in [0.1, 0.15) is 30.3 Å². The molecule has 0 aliphatic heterocycles. The van der Waals surface area contributed by atoms with Crippen molar-refractivity contribution in [2.24, 2.45) is 0 Å². The van der Waals surface area contributed by atoms with E-state index < -0.39 is 5.97 Å². The van der Waals surface area contributed by atoms with Crippen LogP contribution in [-0.4, -0.2) is 27.8 Å². The minimum Gasteiger partial charge on any atom is -0.505 e. The third-order valence-corrected chi connectivity index (χ3v) is 2.81. The van der Waals surface area contributed by atoms with Crippen molar-refractivity contribution in [1.29, 1.82) is 0 Å². The summed E-state index contributed by atoms with van der Waals surface area (Å²) < 4.78 is 5.53. The van der Waals surface area contributed by atoms with E-state index in [2.05, 4.69) is 11.9 Å². The van der Waals surface area contributed by atoms with E-state index in [-0.39, 0.29) is 11.4 Å². The van der Waals surface area contributed by atoms with E-state index in [9.17, 15) is 9.90 Å². The zero-order chi connectivity index (χ0) is 13.8. The molecule has 2 N–H and O–H groups in total. The summed E-state index contributed by atoms with van der Waals surface area (Å²) in [5.74, 6) is -0.971. The predicted octanol–water partition coefficient (Wildman–Crippen LogP) is 2.82. The molecule has 0 radical (unpaired) electrons. The standard InChI is InChI=1S/C14H15NO4/c1-2-3-6-19-10-5-4-9-8-15-12(14(17)18)13(16)11(9)7-10/h4-5,7-8,16H,2-3,6H2,1H3,(H,17,18). The van der Waals surface area contributed by atoms with Crippen molar-refractivity contribution in [3.63, 3.8) is 0 Å². The lowest BCUT2D eigenvalue weighted by Crippen LogP contribution is -2.01. The molecule has 5 nitrogen and oxygen atoms in total. The lowest BCUT2D eigenvalue weighted by atomic mass is 10.1. The van der Waals surface area contributed by atoms with Gasteiger partial charge >= 0.3 is 5.97 Å². The molecule has 0 atom stereocenters. The molecule has 0 spiro atoms. The van der Waals surface area contributed by atoms with Crippen LogP contribution < -0.4 is 4.74 Å². The van der Waals surface area contributed by atoms with Gasteiger partial charge in [-0.05, 0) is 24.6 Å². The molecular weight excluding hydrogens is 246 g/mol. The zero-order valence-corrected chi connectivity index (χ0v) is 10.6. The first-order chi connectivity index (χ1) is 9.13. The van der Waals surface area contributed by atoms with Gasteiger partial charge in [0.05, 0.1) is 6.61 Å². The molecule has 0 saturated heterocycles. The van der Waals surface area contributed by atoms with Gasteiger partial charge in [0, 0.05) is 17.0 Å². The average Bonchev–Trinajstić information content (AvgIpc) is 2.39. The number of benzene rings is 1. The number of aromatic carboxylic acids is 1. The first-order valence-corrected chi connectivity index (χ1v) is 6.11. The zero-order valence-electron chi connectivity index (χ0n) is 10.6. The maximum absolute atomic E-state index is 10.9. The number of aromatic hydroxyl groups is 1. The second-order valence-electron chi connectivity index (χ2n) is 4.21. The quantitative estimate of drug-likeness (QED) is 0.809. The topological polar surface area (TPSA) is 79.7 Å². The molecule has 0 saturated carbocycles. The molecule has 100 valence electrons. The van der Waals surface area contributed by atoms with Crippen molar-refractivity contribution in [3.8, 4) is 11.5 Å². The molecule has 0 unspecified atom stereocenters. The fourth-order valence-electron chi connectivity index (χ4n) is 1.76. The monoisotopic (exact) mass is 261 g/mol. The summed E-state index contributed by atoms with van der Waals surface area (Å²) in [6.07, 6.45) is 3.40. The van der Waals surface area contributed by atoms with Gasteiger partial charge in [-0.2, -0.15) is 0 Å². The second-order valence-corrected chi connectivity index (χ2v) is 4.21. The van der Waals surface area contributed by atoms with Crippen LogP contribution in [0.4, 0.5) is 0 Å². The third kappa shape index (κ3) is 2.76. The fraction of sp³-hybridized carbons (Fsp3) is 0.286. The summed E-state index contributed by atoms with van der Waals surface area (Å²) in [6, 6.07) is 5.16. The van der Waals surface area contributed by atoms with Gasteiger partial charge in [-0.15, -0.1) is 0 Å². The predicted molar refractivity (Wildman–Crippen MR) is 70.8 cm³/mol. The van der Waals surface area contributed by atoms with Crippen LogP contribution >= 0.6 is 0 Å². The van der Waals surface area contributed by atoms with Gasteiger partial charge in [-0.25, -0.2) is 9.78 Å². The Labute approximate surface area is 110 Å². The summed E-state index contributed by atoms with van der Waals surface area (Å²) in [6.45, 7) is 2.67. The van der Waals surface area contributed by atoms with Crippen molar-refractivity contribution in [2.75, 3.05) is 6.61 Å². The number of hydrogen-bond donors (Lipinski definition) is 2. The van der Waals surface area contributed by atoms with E-state index in [4.69, 9.17) is 9.84 Å². The third-order valence-electron chi connectivity index (χ3n) is 2.81. The van der Waals surface area contributed by atoms with E-state index in [0.717, 1.165) is 12.8 Å². The summed E-state index contributed by atoms with van der Waals surface area (Å²) in [7, 11) is 0. The highest BCUT2D eigenvalue weighted by Crippen LogP contribution is 2.30. The number of fused-ring (bicyclic) bond motifs is 1. The van der Waals surface area contributed by atoms with Crippen LogP contribution in [0, 0.1) is 0 Å². The van der Waals surface area contributed by atoms with Crippen molar-refractivity contribution >= 4 is 16.7 Å². The number of carboxylic acids is 1. The van der Waals surface area contributed by atoms with Gasteiger partial charge in [0.2, 0.25) is 0 Å². The smallest absolute Gasteiger partial charge is 0.358 e. The first kappa shape index (κ1) is 13.1. The molecule has 5 heteroatoms. The van der Waals surface area contributed by atoms with E-state index in [1.807, 2.05) is 0 Å². The fourth-order valence-corrected chi connectivity index (χ4v) is 1.76. The number of carboxylic acid groups (broad SMARTS) is 1. The van der Waals surface area contributed by atoms with Crippen molar-refractivity contribution < 1.29 is 19.7 Å². The van der Waals surface area contributed by atoms with Crippen molar-refractivity contribution in [3.05, 3.63) is 30.1 Å². The minimum atomic E-state index is -1.25. The lowest BCUT2D eigenvalue weighted by molar-refractivity contribution is 0.0687. The molecule has 2 aromatic rings. The number of nitrogens with zero attached hydrogens (tertiary/aromatic N) is 1. The molecule has 1 heterocycles. The van der Waals surface area contributed by atoms with Crippen LogP contribution in [-0.2, 0) is 0 Å². The lowest BCUT2D eigenvalue weighted by Gasteiger charge is -2.08. The van der Waals surface area contributed by atoms with Crippen LogP contribution in [0.3, 0.4) is 0 Å². The summed E-state index contributed by atoms with van der Waals surface area (Å²) in [5.41, 5.74) is -0.349. The first-order valence-electron chi connectivity index (χ1n) is 6.11. The van der Waals surface area contributed by atoms with Gasteiger partial charge in [-0.3, -0.25) is 0 Å². The van der Waals surface area contributed by atoms with Crippen molar-refractivity contribution in [2.45, 2.75) is 19.8 Å². The van der Waals surface area contributed by atoms with Gasteiger partial charge in [0.1, 0.15) is 5.75 Å². The summed E-state index contributed by atoms with van der Waals surface area (Å²) in [5, 5.41) is 19.9. The Hall–Kier alpha value is -2.30. The molecule has 0 aliphatic rings. The molecule has 1 aromatic heterocycles. The van der Waals surface area contributed by atoms with Crippen LogP contribution in [0.25, 0.3) is 10.8 Å². The van der Waals surface area contributed by atoms with E-state index >= 15 is 0 Å². The Morgan fingerprint density at radius 3 is 2.89 bits per heavy atom. The number of hydrogen-bond acceptors (Lipinski definition) is 4. The number of ether oxygens (including phenoxy) is 1. The minimum absolute atomic E-state index is 0.328. The largest absolute Gasteiger partial charge is 0.505 e. The summed E-state index contributed by atoms with van der Waals surface area (Å²) in [4.78, 5) is 14.6. The van der Waals surface area contributed by atoms with Crippen LogP contribution in [0.5, 0.6) is 11.5 Å². The van der Waals surface area contributed by atoms with Crippen molar-refractivity contribution in [1.82, 2.24) is 4.98 Å². The molecule has 0 aliphatic carbocycles. The Kier molecular flexibility index (Phi) is 3.85. The highest BCUT2D eigenvalue weighted by Gasteiger charge is 2.14.